The maximum atomic E-state index is 10.2. The van der Waals surface area contributed by atoms with Crippen LogP contribution < -0.4 is 4.74 Å². The second-order valence-corrected chi connectivity index (χ2v) is 5.36. The average Bonchev–Trinajstić information content (AvgIpc) is 2.31. The molecular weight excluding hydrogens is 224 g/mol. The van der Waals surface area contributed by atoms with Gasteiger partial charge in [0.25, 0.3) is 0 Å². The minimum atomic E-state index is -0.907. The fraction of sp³-hybridized carbons (Fsp3) is 0.375. The summed E-state index contributed by atoms with van der Waals surface area (Å²) in [6.45, 7) is 7.73. The SMILES string of the molecule is COc1cc2c(C)ccc(C)c2cc1C(C)(C)O. The Labute approximate surface area is 108 Å². The third-order valence-corrected chi connectivity index (χ3v) is 3.43. The molecule has 0 aliphatic heterocycles. The summed E-state index contributed by atoms with van der Waals surface area (Å²) in [4.78, 5) is 0. The molecule has 0 radical (unpaired) electrons. The van der Waals surface area contributed by atoms with Crippen LogP contribution in [-0.4, -0.2) is 12.2 Å². The van der Waals surface area contributed by atoms with E-state index in [0.717, 1.165) is 11.3 Å². The summed E-state index contributed by atoms with van der Waals surface area (Å²) in [5, 5.41) is 12.6. The number of hydrogen-bond donors (Lipinski definition) is 1. The molecule has 0 unspecified atom stereocenters. The van der Waals surface area contributed by atoms with E-state index in [1.54, 1.807) is 21.0 Å². The van der Waals surface area contributed by atoms with Crippen LogP contribution in [-0.2, 0) is 5.60 Å². The number of ether oxygens (including phenoxy) is 1. The van der Waals surface area contributed by atoms with Gasteiger partial charge in [0.15, 0.2) is 0 Å². The van der Waals surface area contributed by atoms with Gasteiger partial charge in [0, 0.05) is 5.56 Å². The van der Waals surface area contributed by atoms with E-state index in [1.807, 2.05) is 12.1 Å². The van der Waals surface area contributed by atoms with Gasteiger partial charge in [0.1, 0.15) is 5.75 Å². The summed E-state index contributed by atoms with van der Waals surface area (Å²) >= 11 is 0. The second kappa shape index (κ2) is 4.29. The molecular formula is C16H20O2. The molecule has 0 aliphatic rings. The van der Waals surface area contributed by atoms with E-state index >= 15 is 0 Å². The van der Waals surface area contributed by atoms with E-state index in [2.05, 4.69) is 26.0 Å². The highest BCUT2D eigenvalue weighted by Crippen LogP contribution is 2.35. The molecule has 0 heterocycles. The van der Waals surface area contributed by atoms with E-state index in [9.17, 15) is 5.11 Å². The Kier molecular flexibility index (Phi) is 3.07. The van der Waals surface area contributed by atoms with Gasteiger partial charge in [0.2, 0.25) is 0 Å². The Morgan fingerprint density at radius 3 is 1.94 bits per heavy atom. The van der Waals surface area contributed by atoms with Gasteiger partial charge in [-0.2, -0.15) is 0 Å². The summed E-state index contributed by atoms with van der Waals surface area (Å²) in [7, 11) is 1.64. The standard InChI is InChI=1S/C16H20O2/c1-10-6-7-11(2)13-9-15(18-5)14(8-12(10)13)16(3,4)17/h6-9,17H,1-5H3. The van der Waals surface area contributed by atoms with Crippen LogP contribution in [0.2, 0.25) is 0 Å². The summed E-state index contributed by atoms with van der Waals surface area (Å²) in [6.07, 6.45) is 0. The van der Waals surface area contributed by atoms with Crippen molar-refractivity contribution in [2.24, 2.45) is 0 Å². The van der Waals surface area contributed by atoms with E-state index in [1.165, 1.54) is 21.9 Å². The molecule has 0 aliphatic carbocycles. The zero-order valence-corrected chi connectivity index (χ0v) is 11.7. The molecule has 2 aromatic rings. The smallest absolute Gasteiger partial charge is 0.125 e. The molecule has 0 bridgehead atoms. The van der Waals surface area contributed by atoms with Crippen LogP contribution in [0.1, 0.15) is 30.5 Å². The van der Waals surface area contributed by atoms with Crippen LogP contribution in [0.5, 0.6) is 5.75 Å². The van der Waals surface area contributed by atoms with Crippen molar-refractivity contribution in [1.82, 2.24) is 0 Å². The van der Waals surface area contributed by atoms with Crippen LogP contribution in [0.4, 0.5) is 0 Å². The van der Waals surface area contributed by atoms with Gasteiger partial charge in [-0.1, -0.05) is 12.1 Å². The van der Waals surface area contributed by atoms with Gasteiger partial charge < -0.3 is 9.84 Å². The zero-order valence-electron chi connectivity index (χ0n) is 11.7. The summed E-state index contributed by atoms with van der Waals surface area (Å²) in [6, 6.07) is 8.28. The Morgan fingerprint density at radius 1 is 1.00 bits per heavy atom. The van der Waals surface area contributed by atoms with Gasteiger partial charge in [-0.15, -0.1) is 0 Å². The molecule has 18 heavy (non-hydrogen) atoms. The molecule has 1 N–H and O–H groups in total. The van der Waals surface area contributed by atoms with E-state index in [4.69, 9.17) is 4.74 Å². The largest absolute Gasteiger partial charge is 0.496 e. The molecule has 2 aromatic carbocycles. The third kappa shape index (κ3) is 2.08. The molecule has 0 saturated carbocycles. The van der Waals surface area contributed by atoms with Crippen molar-refractivity contribution in [2.45, 2.75) is 33.3 Å². The van der Waals surface area contributed by atoms with Crippen molar-refractivity contribution in [1.29, 1.82) is 0 Å². The van der Waals surface area contributed by atoms with Gasteiger partial charge in [0.05, 0.1) is 12.7 Å². The molecule has 96 valence electrons. The summed E-state index contributed by atoms with van der Waals surface area (Å²) in [5.74, 6) is 0.740. The predicted molar refractivity (Wildman–Crippen MR) is 75.2 cm³/mol. The van der Waals surface area contributed by atoms with Crippen LogP contribution in [0.15, 0.2) is 24.3 Å². The van der Waals surface area contributed by atoms with Crippen molar-refractivity contribution in [3.8, 4) is 5.75 Å². The van der Waals surface area contributed by atoms with Crippen LogP contribution in [0.3, 0.4) is 0 Å². The molecule has 0 saturated heterocycles. The highest BCUT2D eigenvalue weighted by atomic mass is 16.5. The van der Waals surface area contributed by atoms with Crippen molar-refractivity contribution < 1.29 is 9.84 Å². The maximum absolute atomic E-state index is 10.2. The van der Waals surface area contributed by atoms with Crippen molar-refractivity contribution in [3.63, 3.8) is 0 Å². The first-order valence-electron chi connectivity index (χ1n) is 6.15. The predicted octanol–water partition coefficient (Wildman–Crippen LogP) is 3.69. The van der Waals surface area contributed by atoms with Crippen molar-refractivity contribution in [2.75, 3.05) is 7.11 Å². The highest BCUT2D eigenvalue weighted by molar-refractivity contribution is 5.90. The maximum Gasteiger partial charge on any atom is 0.125 e. The molecule has 0 spiro atoms. The van der Waals surface area contributed by atoms with E-state index in [-0.39, 0.29) is 0 Å². The molecule has 0 aromatic heterocycles. The molecule has 0 atom stereocenters. The molecule has 2 heteroatoms. The Morgan fingerprint density at radius 2 is 1.50 bits per heavy atom. The molecule has 0 amide bonds. The van der Waals surface area contributed by atoms with Crippen LogP contribution >= 0.6 is 0 Å². The lowest BCUT2D eigenvalue weighted by molar-refractivity contribution is 0.0758. The number of hydrogen-bond acceptors (Lipinski definition) is 2. The van der Waals surface area contributed by atoms with Crippen LogP contribution in [0.25, 0.3) is 10.8 Å². The molecule has 0 fully saturated rings. The minimum Gasteiger partial charge on any atom is -0.496 e. The third-order valence-electron chi connectivity index (χ3n) is 3.43. The minimum absolute atomic E-state index is 0.740. The summed E-state index contributed by atoms with van der Waals surface area (Å²) < 4.78 is 5.41. The number of benzene rings is 2. The molecule has 2 nitrogen and oxygen atoms in total. The quantitative estimate of drug-likeness (QED) is 0.873. The number of fused-ring (bicyclic) bond motifs is 1. The number of methoxy groups -OCH3 is 1. The lowest BCUT2D eigenvalue weighted by Gasteiger charge is -2.22. The van der Waals surface area contributed by atoms with Crippen LogP contribution in [0, 0.1) is 13.8 Å². The Hall–Kier alpha value is -1.54. The number of rotatable bonds is 2. The van der Waals surface area contributed by atoms with Gasteiger partial charge >= 0.3 is 0 Å². The van der Waals surface area contributed by atoms with Crippen molar-refractivity contribution >= 4 is 10.8 Å². The first-order chi connectivity index (χ1) is 8.34. The Balaban J connectivity index is 2.86. The topological polar surface area (TPSA) is 29.5 Å². The lowest BCUT2D eigenvalue weighted by Crippen LogP contribution is -2.16. The second-order valence-electron chi connectivity index (χ2n) is 5.36. The average molecular weight is 244 g/mol. The van der Waals surface area contributed by atoms with Gasteiger partial charge in [-0.05, 0) is 61.7 Å². The van der Waals surface area contributed by atoms with Gasteiger partial charge in [-0.25, -0.2) is 0 Å². The fourth-order valence-corrected chi connectivity index (χ4v) is 2.31. The molecule has 2 rings (SSSR count). The van der Waals surface area contributed by atoms with E-state index in [0.29, 0.717) is 0 Å². The monoisotopic (exact) mass is 244 g/mol. The number of aliphatic hydroxyl groups is 1. The fourth-order valence-electron chi connectivity index (χ4n) is 2.31. The lowest BCUT2D eigenvalue weighted by atomic mass is 9.91. The first kappa shape index (κ1) is 12.9. The summed E-state index contributed by atoms with van der Waals surface area (Å²) in [5.41, 5.74) is 2.35. The highest BCUT2D eigenvalue weighted by Gasteiger charge is 2.22. The number of aryl methyl sites for hydroxylation is 2. The van der Waals surface area contributed by atoms with Gasteiger partial charge in [-0.3, -0.25) is 0 Å². The van der Waals surface area contributed by atoms with E-state index < -0.39 is 5.60 Å². The zero-order chi connectivity index (χ0) is 13.5. The Bertz CT molecular complexity index is 592. The normalized spacial score (nSPS) is 11.9. The first-order valence-corrected chi connectivity index (χ1v) is 6.15. The van der Waals surface area contributed by atoms with Crippen molar-refractivity contribution in [3.05, 3.63) is 41.0 Å².